The molecule has 4 heterocycles. The van der Waals surface area contributed by atoms with Crippen LogP contribution in [0.4, 0.5) is 39.8 Å². The van der Waals surface area contributed by atoms with Crippen molar-refractivity contribution < 1.29 is 0 Å². The van der Waals surface area contributed by atoms with Crippen LogP contribution in [0.15, 0.2) is 140 Å². The van der Waals surface area contributed by atoms with Crippen LogP contribution in [0.3, 0.4) is 0 Å². The number of hydrogen-bond acceptors (Lipinski definition) is 3. The first kappa shape index (κ1) is 43.1. The smallest absolute Gasteiger partial charge is 0.252 e. The molecule has 4 heteroatoms. The molecule has 2 aliphatic carbocycles. The largest absolute Gasteiger partial charge is 0.334 e. The topological polar surface area (TPSA) is 9.72 Å². The summed E-state index contributed by atoms with van der Waals surface area (Å²) >= 11 is 0. The van der Waals surface area contributed by atoms with E-state index < -0.39 is 0 Å². The molecule has 69 heavy (non-hydrogen) atoms. The molecule has 0 amide bonds. The minimum atomic E-state index is -0.346. The van der Waals surface area contributed by atoms with Gasteiger partial charge in [-0.05, 0) is 167 Å². The second-order valence-electron chi connectivity index (χ2n) is 24.7. The van der Waals surface area contributed by atoms with Gasteiger partial charge in [-0.2, -0.15) is 0 Å². The van der Waals surface area contributed by atoms with Gasteiger partial charge in [0.25, 0.3) is 6.71 Å². The molecular formula is C65H68BN3. The van der Waals surface area contributed by atoms with Crippen LogP contribution in [-0.4, -0.2) is 12.3 Å². The van der Waals surface area contributed by atoms with Crippen LogP contribution in [0.25, 0.3) is 0 Å². The summed E-state index contributed by atoms with van der Waals surface area (Å²) in [4.78, 5) is 8.45. The zero-order chi connectivity index (χ0) is 47.8. The predicted molar refractivity (Wildman–Crippen MR) is 293 cm³/mol. The Kier molecular flexibility index (Phi) is 8.79. The molecular weight excluding hydrogens is 834 g/mol. The molecule has 7 aromatic rings. The maximum atomic E-state index is 2.92. The van der Waals surface area contributed by atoms with Crippen LogP contribution in [0, 0.1) is 13.8 Å². The minimum Gasteiger partial charge on any atom is -0.334 e. The number of hydrogen-bond donors (Lipinski definition) is 0. The number of rotatable bonds is 3. The van der Waals surface area contributed by atoms with Crippen molar-refractivity contribution >= 4 is 62.9 Å². The van der Waals surface area contributed by atoms with E-state index in [2.05, 4.69) is 230 Å². The van der Waals surface area contributed by atoms with Crippen LogP contribution in [-0.2, 0) is 33.6 Å². The van der Waals surface area contributed by atoms with Crippen LogP contribution in [0.5, 0.6) is 0 Å². The van der Waals surface area contributed by atoms with Crippen molar-refractivity contribution in [3.8, 4) is 0 Å². The van der Waals surface area contributed by atoms with E-state index >= 15 is 0 Å². The summed E-state index contributed by atoms with van der Waals surface area (Å²) in [6.45, 7) is 26.8. The second-order valence-corrected chi connectivity index (χ2v) is 24.7. The lowest BCUT2D eigenvalue weighted by molar-refractivity contribution is 0.215. The molecule has 3 nitrogen and oxygen atoms in total. The van der Waals surface area contributed by atoms with E-state index in [9.17, 15) is 0 Å². The lowest BCUT2D eigenvalue weighted by Crippen LogP contribution is -2.64. The van der Waals surface area contributed by atoms with Crippen molar-refractivity contribution in [2.24, 2.45) is 0 Å². The highest BCUT2D eigenvalue weighted by molar-refractivity contribution is 7.00. The van der Waals surface area contributed by atoms with E-state index in [1.807, 2.05) is 0 Å². The summed E-state index contributed by atoms with van der Waals surface area (Å²) in [7, 11) is 0. The fraction of sp³-hybridized carbons (Fsp3) is 0.354. The summed E-state index contributed by atoms with van der Waals surface area (Å²) in [5, 5.41) is 0. The lowest BCUT2D eigenvalue weighted by Gasteiger charge is -2.54. The fourth-order valence-electron chi connectivity index (χ4n) is 15.2. The maximum absolute atomic E-state index is 2.92. The van der Waals surface area contributed by atoms with Crippen molar-refractivity contribution in [2.75, 3.05) is 14.7 Å². The molecule has 4 unspecified atom stereocenters. The van der Waals surface area contributed by atoms with E-state index in [0.29, 0.717) is 0 Å². The Morgan fingerprint density at radius 1 is 0.507 bits per heavy atom. The highest BCUT2D eigenvalue weighted by Gasteiger charge is 2.65. The van der Waals surface area contributed by atoms with Crippen LogP contribution in [0.2, 0.25) is 0 Å². The third kappa shape index (κ3) is 5.47. The van der Waals surface area contributed by atoms with Gasteiger partial charge in [-0.3, -0.25) is 0 Å². The monoisotopic (exact) mass is 902 g/mol. The Hall–Kier alpha value is -6.00. The van der Waals surface area contributed by atoms with Crippen molar-refractivity contribution in [1.82, 2.24) is 0 Å². The van der Waals surface area contributed by atoms with E-state index in [1.54, 1.807) is 0 Å². The molecule has 13 rings (SSSR count). The Balaban J connectivity index is 1.19. The SMILES string of the molecule is Cc1cccc(N2c3cc(C)ccc3B3c4cc(C(C)(C)C)cc5c4N(c4cc(N6c7ccc(C(C)(C)C)cc7C7(c8ccccc8)CCCCC67C)cc2c43)C2(C)c3ccccc3CCC52C)c1. The van der Waals surface area contributed by atoms with E-state index in [1.165, 1.54) is 119 Å². The Morgan fingerprint density at radius 3 is 1.99 bits per heavy atom. The van der Waals surface area contributed by atoms with Gasteiger partial charge in [0.2, 0.25) is 0 Å². The van der Waals surface area contributed by atoms with Gasteiger partial charge in [-0.1, -0.05) is 164 Å². The summed E-state index contributed by atoms with van der Waals surface area (Å²) in [5.74, 6) is 0. The highest BCUT2D eigenvalue weighted by Crippen LogP contribution is 2.67. The molecule has 0 aromatic heterocycles. The number of nitrogens with zero attached hydrogens (tertiary/aromatic N) is 3. The first-order chi connectivity index (χ1) is 32.9. The Bertz CT molecular complexity index is 3320. The van der Waals surface area contributed by atoms with Crippen molar-refractivity contribution in [1.29, 1.82) is 0 Å². The first-order valence-electron chi connectivity index (χ1n) is 26.1. The summed E-state index contributed by atoms with van der Waals surface area (Å²) < 4.78 is 0. The molecule has 0 saturated heterocycles. The molecule has 7 aromatic carbocycles. The highest BCUT2D eigenvalue weighted by atomic mass is 15.3. The number of aryl methyl sites for hydroxylation is 3. The molecule has 0 bridgehead atoms. The molecule has 0 radical (unpaired) electrons. The zero-order valence-corrected chi connectivity index (χ0v) is 42.9. The molecule has 4 aliphatic heterocycles. The molecule has 346 valence electrons. The standard InChI is InChI=1S/C65H68BN3/c1-41-20-19-24-47(34-41)67-55-35-42(2)26-28-52(55)66-53-38-46(61(6,7)8)37-51-59(53)69(64(11)49-25-16-15-21-43(49)30-33-62(51,64)9)57-40-48(39-56(67)58(57)66)68-54-29-27-45(60(3,4)5)36-50(54)65(44-22-13-12-14-23-44)32-18-17-31-63(65,68)10/h12-16,19-29,34-40H,17-18,30-33H2,1-11H3. The summed E-state index contributed by atoms with van der Waals surface area (Å²) in [6.07, 6.45) is 6.83. The first-order valence-corrected chi connectivity index (χ1v) is 26.1. The molecule has 0 spiro atoms. The van der Waals surface area contributed by atoms with E-state index in [4.69, 9.17) is 0 Å². The van der Waals surface area contributed by atoms with Gasteiger partial charge in [-0.15, -0.1) is 0 Å². The fourth-order valence-corrected chi connectivity index (χ4v) is 15.2. The van der Waals surface area contributed by atoms with E-state index in [0.717, 1.165) is 25.7 Å². The molecule has 1 fully saturated rings. The molecule has 6 aliphatic rings. The summed E-state index contributed by atoms with van der Waals surface area (Å²) in [6, 6.07) is 55.9. The van der Waals surface area contributed by atoms with E-state index in [-0.39, 0.29) is 39.5 Å². The lowest BCUT2D eigenvalue weighted by atomic mass is 9.33. The van der Waals surface area contributed by atoms with Gasteiger partial charge in [-0.25, -0.2) is 0 Å². The Morgan fingerprint density at radius 2 is 1.22 bits per heavy atom. The van der Waals surface area contributed by atoms with Gasteiger partial charge in [0.05, 0.1) is 11.1 Å². The predicted octanol–water partition coefficient (Wildman–Crippen LogP) is 14.6. The van der Waals surface area contributed by atoms with Crippen molar-refractivity contribution in [3.63, 3.8) is 0 Å². The zero-order valence-electron chi connectivity index (χ0n) is 42.9. The van der Waals surface area contributed by atoms with Crippen molar-refractivity contribution in [2.45, 2.75) is 147 Å². The normalized spacial score (nSPS) is 24.8. The van der Waals surface area contributed by atoms with Crippen LogP contribution >= 0.6 is 0 Å². The quantitative estimate of drug-likeness (QED) is 0.164. The van der Waals surface area contributed by atoms with Crippen molar-refractivity contribution in [3.05, 3.63) is 190 Å². The molecule has 0 N–H and O–H groups in total. The average molecular weight is 902 g/mol. The van der Waals surface area contributed by atoms with Crippen LogP contribution < -0.4 is 31.1 Å². The summed E-state index contributed by atoms with van der Waals surface area (Å²) in [5.41, 5.74) is 25.5. The third-order valence-corrected chi connectivity index (χ3v) is 18.9. The third-order valence-electron chi connectivity index (χ3n) is 18.9. The maximum Gasteiger partial charge on any atom is 0.252 e. The minimum absolute atomic E-state index is 0.0162. The van der Waals surface area contributed by atoms with Gasteiger partial charge >= 0.3 is 0 Å². The van der Waals surface area contributed by atoms with Gasteiger partial charge in [0.15, 0.2) is 0 Å². The van der Waals surface area contributed by atoms with Gasteiger partial charge in [0, 0.05) is 50.6 Å². The van der Waals surface area contributed by atoms with Gasteiger partial charge in [0.1, 0.15) is 0 Å². The molecule has 1 saturated carbocycles. The average Bonchev–Trinajstić information content (AvgIpc) is 3.69. The number of fused-ring (bicyclic) bond motifs is 12. The van der Waals surface area contributed by atoms with Gasteiger partial charge < -0.3 is 14.7 Å². The molecule has 4 atom stereocenters. The van der Waals surface area contributed by atoms with Crippen LogP contribution in [0.1, 0.15) is 144 Å². The second kappa shape index (κ2) is 14.1. The number of anilines is 7. The number of benzene rings is 7. The Labute approximate surface area is 412 Å².